The zero-order valence-corrected chi connectivity index (χ0v) is 13.7. The highest BCUT2D eigenvalue weighted by molar-refractivity contribution is 9.10. The third kappa shape index (κ3) is 3.06. The number of hydrogen-bond donors (Lipinski definition) is 1. The normalized spacial score (nSPS) is 16.2. The van der Waals surface area contributed by atoms with Gasteiger partial charge in [-0.3, -0.25) is 4.79 Å². The van der Waals surface area contributed by atoms with Crippen molar-refractivity contribution in [3.63, 3.8) is 0 Å². The zero-order chi connectivity index (χ0) is 15.0. The number of anilines is 1. The molecule has 1 heterocycles. The molecule has 1 aliphatic rings. The van der Waals surface area contributed by atoms with Crippen LogP contribution < -0.4 is 10.1 Å². The van der Waals surface area contributed by atoms with E-state index in [0.29, 0.717) is 11.4 Å². The molecular formula is C16H13BrClNO2. The van der Waals surface area contributed by atoms with E-state index in [2.05, 4.69) is 21.2 Å². The molecule has 1 aliphatic heterocycles. The maximum atomic E-state index is 12.3. The van der Waals surface area contributed by atoms with E-state index >= 15 is 0 Å². The van der Waals surface area contributed by atoms with E-state index in [0.717, 1.165) is 27.0 Å². The molecule has 2 aromatic carbocycles. The van der Waals surface area contributed by atoms with E-state index in [9.17, 15) is 4.79 Å². The molecule has 0 aliphatic carbocycles. The Morgan fingerprint density at radius 3 is 2.90 bits per heavy atom. The molecule has 2 aromatic rings. The second-order valence-electron chi connectivity index (χ2n) is 5.01. The largest absolute Gasteiger partial charge is 0.480 e. The van der Waals surface area contributed by atoms with E-state index < -0.39 is 6.10 Å². The highest BCUT2D eigenvalue weighted by Crippen LogP contribution is 2.31. The Labute approximate surface area is 136 Å². The Morgan fingerprint density at radius 1 is 1.33 bits per heavy atom. The van der Waals surface area contributed by atoms with Crippen molar-refractivity contribution in [2.75, 3.05) is 5.32 Å². The van der Waals surface area contributed by atoms with Gasteiger partial charge in [0, 0.05) is 21.6 Å². The summed E-state index contributed by atoms with van der Waals surface area (Å²) >= 11 is 9.36. The Morgan fingerprint density at radius 2 is 2.14 bits per heavy atom. The van der Waals surface area contributed by atoms with Gasteiger partial charge in [-0.15, -0.1) is 0 Å². The maximum Gasteiger partial charge on any atom is 0.265 e. The highest BCUT2D eigenvalue weighted by Gasteiger charge is 2.29. The second-order valence-corrected chi connectivity index (χ2v) is 6.36. The van der Waals surface area contributed by atoms with Gasteiger partial charge in [-0.1, -0.05) is 27.5 Å². The van der Waals surface area contributed by atoms with Crippen molar-refractivity contribution in [1.82, 2.24) is 0 Å². The summed E-state index contributed by atoms with van der Waals surface area (Å²) in [5.41, 5.74) is 2.76. The average Bonchev–Trinajstić information content (AvgIpc) is 2.85. The number of benzene rings is 2. The fraction of sp³-hybridized carbons (Fsp3) is 0.188. The number of aryl methyl sites for hydroxylation is 1. The number of rotatable bonds is 2. The number of nitrogens with one attached hydrogen (secondary N) is 1. The van der Waals surface area contributed by atoms with Crippen LogP contribution in [0.1, 0.15) is 11.1 Å². The number of halogens is 2. The van der Waals surface area contributed by atoms with Crippen LogP contribution in [0.25, 0.3) is 0 Å². The number of amides is 1. The molecule has 0 aromatic heterocycles. The summed E-state index contributed by atoms with van der Waals surface area (Å²) in [5.74, 6) is 0.583. The van der Waals surface area contributed by atoms with Gasteiger partial charge >= 0.3 is 0 Å². The summed E-state index contributed by atoms with van der Waals surface area (Å²) in [5, 5.41) is 3.57. The molecule has 0 fully saturated rings. The number of hydrogen-bond acceptors (Lipinski definition) is 2. The standard InChI is InChI=1S/C16H13BrClNO2/c1-9-6-11(17)2-4-13(9)19-16(20)15-8-10-7-12(18)3-5-14(10)21-15/h2-7,15H,8H2,1H3,(H,19,20). The van der Waals surface area contributed by atoms with Crippen LogP contribution in [0.3, 0.4) is 0 Å². The Bertz CT molecular complexity index is 717. The smallest absolute Gasteiger partial charge is 0.265 e. The van der Waals surface area contributed by atoms with Gasteiger partial charge in [0.1, 0.15) is 5.75 Å². The number of carbonyl (C=O) groups excluding carboxylic acids is 1. The molecule has 21 heavy (non-hydrogen) atoms. The molecule has 3 nitrogen and oxygen atoms in total. The quantitative estimate of drug-likeness (QED) is 0.858. The first-order valence-corrected chi connectivity index (χ1v) is 7.72. The molecule has 1 atom stereocenters. The van der Waals surface area contributed by atoms with Crippen LogP contribution in [0.5, 0.6) is 5.75 Å². The third-order valence-corrected chi connectivity index (χ3v) is 4.16. The van der Waals surface area contributed by atoms with Crippen molar-refractivity contribution >= 4 is 39.1 Å². The van der Waals surface area contributed by atoms with E-state index in [-0.39, 0.29) is 5.91 Å². The summed E-state index contributed by atoms with van der Waals surface area (Å²) in [7, 11) is 0. The first-order chi connectivity index (χ1) is 10.0. The molecule has 0 spiro atoms. The minimum atomic E-state index is -0.512. The first kappa shape index (κ1) is 14.4. The van der Waals surface area contributed by atoms with Crippen LogP contribution in [0.15, 0.2) is 40.9 Å². The lowest BCUT2D eigenvalue weighted by Crippen LogP contribution is -2.31. The zero-order valence-electron chi connectivity index (χ0n) is 11.3. The monoisotopic (exact) mass is 365 g/mol. The Balaban J connectivity index is 1.73. The highest BCUT2D eigenvalue weighted by atomic mass is 79.9. The van der Waals surface area contributed by atoms with Gasteiger partial charge in [-0.25, -0.2) is 0 Å². The maximum absolute atomic E-state index is 12.3. The van der Waals surface area contributed by atoms with Crippen molar-refractivity contribution in [2.24, 2.45) is 0 Å². The van der Waals surface area contributed by atoms with Gasteiger partial charge in [-0.05, 0) is 54.4 Å². The molecule has 1 unspecified atom stereocenters. The fourth-order valence-corrected chi connectivity index (χ4v) is 3.01. The van der Waals surface area contributed by atoms with Gasteiger partial charge in [0.15, 0.2) is 6.10 Å². The van der Waals surface area contributed by atoms with E-state index in [4.69, 9.17) is 16.3 Å². The van der Waals surface area contributed by atoms with Crippen LogP contribution in [0.4, 0.5) is 5.69 Å². The van der Waals surface area contributed by atoms with Crippen LogP contribution in [0, 0.1) is 6.92 Å². The van der Waals surface area contributed by atoms with Crippen LogP contribution in [-0.2, 0) is 11.2 Å². The minimum absolute atomic E-state index is 0.146. The Kier molecular flexibility index (Phi) is 3.91. The lowest BCUT2D eigenvalue weighted by molar-refractivity contribution is -0.122. The van der Waals surface area contributed by atoms with Crippen molar-refractivity contribution < 1.29 is 9.53 Å². The molecular weight excluding hydrogens is 354 g/mol. The van der Waals surface area contributed by atoms with E-state index in [1.165, 1.54) is 0 Å². The van der Waals surface area contributed by atoms with Crippen molar-refractivity contribution in [1.29, 1.82) is 0 Å². The van der Waals surface area contributed by atoms with Crippen LogP contribution in [-0.4, -0.2) is 12.0 Å². The summed E-state index contributed by atoms with van der Waals surface area (Å²) in [6.45, 7) is 1.95. The van der Waals surface area contributed by atoms with Gasteiger partial charge in [0.05, 0.1) is 0 Å². The number of fused-ring (bicyclic) bond motifs is 1. The van der Waals surface area contributed by atoms with Gasteiger partial charge in [0.25, 0.3) is 5.91 Å². The molecule has 0 saturated carbocycles. The van der Waals surface area contributed by atoms with Crippen molar-refractivity contribution in [3.8, 4) is 5.75 Å². The number of ether oxygens (including phenoxy) is 1. The Hall–Kier alpha value is -1.52. The summed E-state index contributed by atoms with van der Waals surface area (Å²) in [6.07, 6.45) is 0.0265. The summed E-state index contributed by atoms with van der Waals surface area (Å²) < 4.78 is 6.66. The summed E-state index contributed by atoms with van der Waals surface area (Å²) in [4.78, 5) is 12.3. The predicted molar refractivity (Wildman–Crippen MR) is 87.1 cm³/mol. The molecule has 3 rings (SSSR count). The summed E-state index contributed by atoms with van der Waals surface area (Å²) in [6, 6.07) is 11.1. The van der Waals surface area contributed by atoms with Crippen LogP contribution in [0.2, 0.25) is 5.02 Å². The topological polar surface area (TPSA) is 38.3 Å². The lowest BCUT2D eigenvalue weighted by Gasteiger charge is -2.13. The molecule has 0 saturated heterocycles. The SMILES string of the molecule is Cc1cc(Br)ccc1NC(=O)C1Cc2cc(Cl)ccc2O1. The third-order valence-electron chi connectivity index (χ3n) is 3.44. The van der Waals surface area contributed by atoms with Gasteiger partial charge < -0.3 is 10.1 Å². The van der Waals surface area contributed by atoms with Gasteiger partial charge in [0.2, 0.25) is 0 Å². The molecule has 0 radical (unpaired) electrons. The van der Waals surface area contributed by atoms with E-state index in [1.807, 2.05) is 31.2 Å². The molecule has 5 heteroatoms. The number of carbonyl (C=O) groups is 1. The molecule has 108 valence electrons. The lowest BCUT2D eigenvalue weighted by atomic mass is 10.1. The van der Waals surface area contributed by atoms with Crippen molar-refractivity contribution in [3.05, 3.63) is 57.0 Å². The van der Waals surface area contributed by atoms with Crippen molar-refractivity contribution in [2.45, 2.75) is 19.4 Å². The predicted octanol–water partition coefficient (Wildman–Crippen LogP) is 4.35. The first-order valence-electron chi connectivity index (χ1n) is 6.55. The van der Waals surface area contributed by atoms with Gasteiger partial charge in [-0.2, -0.15) is 0 Å². The van der Waals surface area contributed by atoms with E-state index in [1.54, 1.807) is 12.1 Å². The molecule has 1 amide bonds. The molecule has 1 N–H and O–H groups in total. The molecule has 0 bridgehead atoms. The van der Waals surface area contributed by atoms with Crippen LogP contribution >= 0.6 is 27.5 Å². The fourth-order valence-electron chi connectivity index (χ4n) is 2.34. The second kappa shape index (κ2) is 5.70. The average molecular weight is 367 g/mol. The minimum Gasteiger partial charge on any atom is -0.480 e.